The summed E-state index contributed by atoms with van der Waals surface area (Å²) in [5.74, 6) is 0. The average molecular weight is 206 g/mol. The van der Waals surface area contributed by atoms with E-state index in [9.17, 15) is 0 Å². The van der Waals surface area contributed by atoms with E-state index in [1.807, 2.05) is 0 Å². The molecule has 2 N–H and O–H groups in total. The van der Waals surface area contributed by atoms with Crippen LogP contribution in [0.5, 0.6) is 0 Å². The quantitative estimate of drug-likeness (QED) is 0.765. The van der Waals surface area contributed by atoms with Crippen molar-refractivity contribution in [2.24, 2.45) is 5.73 Å². The number of anilines is 1. The molecule has 84 valence electrons. The van der Waals surface area contributed by atoms with E-state index in [0.717, 1.165) is 0 Å². The highest BCUT2D eigenvalue weighted by atomic mass is 15.1. The number of benzene rings is 1. The van der Waals surface area contributed by atoms with Gasteiger partial charge in [-0.1, -0.05) is 17.7 Å². The van der Waals surface area contributed by atoms with Gasteiger partial charge in [0.25, 0.3) is 0 Å². The molecule has 0 saturated carbocycles. The molecule has 1 aromatic carbocycles. The lowest BCUT2D eigenvalue weighted by molar-refractivity contribution is 0.578. The Hall–Kier alpha value is -1.02. The first kappa shape index (κ1) is 12.1. The molecule has 1 aliphatic heterocycles. The van der Waals surface area contributed by atoms with E-state index < -0.39 is 0 Å². The number of hydrogen-bond donors (Lipinski definition) is 1. The molecule has 1 heterocycles. The van der Waals surface area contributed by atoms with Gasteiger partial charge in [0.15, 0.2) is 0 Å². The predicted octanol–water partition coefficient (Wildman–Crippen LogP) is 2.56. The first-order valence-electron chi connectivity index (χ1n) is 5.75. The molecule has 0 bridgehead atoms. The highest BCUT2D eigenvalue weighted by molar-refractivity contribution is 5.47. The highest BCUT2D eigenvalue weighted by Gasteiger charge is 2.09. The summed E-state index contributed by atoms with van der Waals surface area (Å²) in [7, 11) is 1.50. The van der Waals surface area contributed by atoms with E-state index in [1.54, 1.807) is 0 Å². The molecule has 0 radical (unpaired) electrons. The van der Waals surface area contributed by atoms with Crippen molar-refractivity contribution in [3.63, 3.8) is 0 Å². The fraction of sp³-hybridized carbons (Fsp3) is 0.538. The first-order chi connectivity index (χ1) is 7.36. The standard InChI is InChI=1S/C12H17N.CH5N/c1-11-5-7-12(8-6-11)13-9-3-2-4-10-13;1-2/h5-8H,2-4,9-10H2,1H3;2H2,1H3. The Kier molecular flexibility index (Phi) is 5.19. The number of nitrogens with zero attached hydrogens (tertiary/aromatic N) is 1. The molecule has 1 fully saturated rings. The Morgan fingerprint density at radius 1 is 0.933 bits per heavy atom. The number of aryl methyl sites for hydroxylation is 1. The van der Waals surface area contributed by atoms with Crippen molar-refractivity contribution < 1.29 is 0 Å². The molecule has 2 rings (SSSR count). The average Bonchev–Trinajstić information content (AvgIpc) is 2.34. The van der Waals surface area contributed by atoms with Crippen molar-refractivity contribution in [3.05, 3.63) is 29.8 Å². The zero-order valence-corrected chi connectivity index (χ0v) is 9.87. The van der Waals surface area contributed by atoms with E-state index in [4.69, 9.17) is 0 Å². The summed E-state index contributed by atoms with van der Waals surface area (Å²) >= 11 is 0. The van der Waals surface area contributed by atoms with Crippen LogP contribution in [0.2, 0.25) is 0 Å². The van der Waals surface area contributed by atoms with Gasteiger partial charge in [-0.3, -0.25) is 0 Å². The molecule has 2 heteroatoms. The summed E-state index contributed by atoms with van der Waals surface area (Å²) in [5, 5.41) is 0. The van der Waals surface area contributed by atoms with Crippen LogP contribution in [-0.4, -0.2) is 20.1 Å². The van der Waals surface area contributed by atoms with Crippen LogP contribution in [0, 0.1) is 6.92 Å². The summed E-state index contributed by atoms with van der Waals surface area (Å²) in [4.78, 5) is 2.49. The van der Waals surface area contributed by atoms with Gasteiger partial charge in [-0.25, -0.2) is 0 Å². The van der Waals surface area contributed by atoms with E-state index in [-0.39, 0.29) is 0 Å². The van der Waals surface area contributed by atoms with Gasteiger partial charge in [0, 0.05) is 18.8 Å². The monoisotopic (exact) mass is 206 g/mol. The minimum atomic E-state index is 1.24. The summed E-state index contributed by atoms with van der Waals surface area (Å²) < 4.78 is 0. The molecule has 1 aromatic rings. The summed E-state index contributed by atoms with van der Waals surface area (Å²) in [6, 6.07) is 8.87. The molecule has 0 spiro atoms. The van der Waals surface area contributed by atoms with E-state index >= 15 is 0 Å². The molecule has 0 aromatic heterocycles. The van der Waals surface area contributed by atoms with Crippen LogP contribution >= 0.6 is 0 Å². The van der Waals surface area contributed by atoms with Crippen LogP contribution in [0.1, 0.15) is 24.8 Å². The molecular formula is C13H22N2. The number of rotatable bonds is 1. The molecule has 1 aliphatic rings. The van der Waals surface area contributed by atoms with Gasteiger partial charge < -0.3 is 10.6 Å². The van der Waals surface area contributed by atoms with Crippen molar-refractivity contribution in [2.45, 2.75) is 26.2 Å². The predicted molar refractivity (Wildman–Crippen MR) is 67.4 cm³/mol. The third kappa shape index (κ3) is 3.56. The molecule has 1 saturated heterocycles. The lowest BCUT2D eigenvalue weighted by atomic mass is 10.1. The third-order valence-corrected chi connectivity index (χ3v) is 2.76. The van der Waals surface area contributed by atoms with Crippen LogP contribution in [0.3, 0.4) is 0 Å². The van der Waals surface area contributed by atoms with E-state index in [0.29, 0.717) is 0 Å². The zero-order chi connectivity index (χ0) is 11.1. The number of piperidine rings is 1. The fourth-order valence-electron chi connectivity index (χ4n) is 1.91. The van der Waals surface area contributed by atoms with Gasteiger partial charge in [0.2, 0.25) is 0 Å². The van der Waals surface area contributed by atoms with Gasteiger partial charge in [-0.05, 0) is 45.4 Å². The number of nitrogens with two attached hydrogens (primary N) is 1. The Morgan fingerprint density at radius 2 is 1.47 bits per heavy atom. The molecule has 2 nitrogen and oxygen atoms in total. The van der Waals surface area contributed by atoms with Gasteiger partial charge in [-0.2, -0.15) is 0 Å². The Balaban J connectivity index is 0.000000531. The highest BCUT2D eigenvalue weighted by Crippen LogP contribution is 2.19. The maximum atomic E-state index is 4.50. The van der Waals surface area contributed by atoms with Gasteiger partial charge in [0.1, 0.15) is 0 Å². The SMILES string of the molecule is CN.Cc1ccc(N2CCCCC2)cc1. The van der Waals surface area contributed by atoms with Crippen molar-refractivity contribution in [1.29, 1.82) is 0 Å². The summed E-state index contributed by atoms with van der Waals surface area (Å²) in [6.45, 7) is 4.62. The molecule has 15 heavy (non-hydrogen) atoms. The molecule has 0 unspecified atom stereocenters. The van der Waals surface area contributed by atoms with Crippen molar-refractivity contribution in [3.8, 4) is 0 Å². The van der Waals surface area contributed by atoms with E-state index in [2.05, 4.69) is 41.8 Å². The van der Waals surface area contributed by atoms with Crippen molar-refractivity contribution in [1.82, 2.24) is 0 Å². The smallest absolute Gasteiger partial charge is 0.0366 e. The molecular weight excluding hydrogens is 184 g/mol. The molecule has 0 aliphatic carbocycles. The summed E-state index contributed by atoms with van der Waals surface area (Å²) in [6.07, 6.45) is 4.12. The normalized spacial score (nSPS) is 15.5. The first-order valence-corrected chi connectivity index (χ1v) is 5.75. The minimum absolute atomic E-state index is 1.24. The van der Waals surface area contributed by atoms with Gasteiger partial charge >= 0.3 is 0 Å². The second-order valence-electron chi connectivity index (χ2n) is 3.88. The Labute approximate surface area is 93.1 Å². The second kappa shape index (κ2) is 6.46. The fourth-order valence-corrected chi connectivity index (χ4v) is 1.91. The lowest BCUT2D eigenvalue weighted by Crippen LogP contribution is -2.29. The molecule has 0 amide bonds. The Morgan fingerprint density at radius 3 is 2.00 bits per heavy atom. The van der Waals surface area contributed by atoms with Crippen LogP contribution in [0.4, 0.5) is 5.69 Å². The maximum absolute atomic E-state index is 4.50. The summed E-state index contributed by atoms with van der Waals surface area (Å²) in [5.41, 5.74) is 7.24. The molecule has 0 atom stereocenters. The minimum Gasteiger partial charge on any atom is -0.372 e. The second-order valence-corrected chi connectivity index (χ2v) is 3.88. The van der Waals surface area contributed by atoms with Crippen LogP contribution in [-0.2, 0) is 0 Å². The van der Waals surface area contributed by atoms with Gasteiger partial charge in [0.05, 0.1) is 0 Å². The van der Waals surface area contributed by atoms with Crippen LogP contribution in [0.25, 0.3) is 0 Å². The van der Waals surface area contributed by atoms with Crippen molar-refractivity contribution in [2.75, 3.05) is 25.0 Å². The van der Waals surface area contributed by atoms with Crippen LogP contribution in [0.15, 0.2) is 24.3 Å². The largest absolute Gasteiger partial charge is 0.372 e. The van der Waals surface area contributed by atoms with E-state index in [1.165, 1.54) is 50.7 Å². The Bertz CT molecular complexity index is 260. The van der Waals surface area contributed by atoms with Crippen molar-refractivity contribution >= 4 is 5.69 Å². The van der Waals surface area contributed by atoms with Gasteiger partial charge in [-0.15, -0.1) is 0 Å². The third-order valence-electron chi connectivity index (χ3n) is 2.76. The lowest BCUT2D eigenvalue weighted by Gasteiger charge is -2.28. The zero-order valence-electron chi connectivity index (χ0n) is 9.87. The van der Waals surface area contributed by atoms with Crippen LogP contribution < -0.4 is 10.6 Å². The maximum Gasteiger partial charge on any atom is 0.0366 e. The number of hydrogen-bond acceptors (Lipinski definition) is 2. The topological polar surface area (TPSA) is 29.3 Å².